The third-order valence-electron chi connectivity index (χ3n) is 0. The summed E-state index contributed by atoms with van der Waals surface area (Å²) in [5.41, 5.74) is 0. The van der Waals surface area contributed by atoms with Crippen molar-refractivity contribution in [3.8, 4) is 0 Å². The minimum Gasteiger partial charge on any atom is -0.512 e. The molecule has 0 unspecified atom stereocenters. The Kier molecular flexibility index (Phi) is 73400. The van der Waals surface area contributed by atoms with Crippen molar-refractivity contribution >= 4 is 0 Å². The van der Waals surface area contributed by atoms with E-state index >= 15 is 0 Å². The quantitative estimate of drug-likeness (QED) is 0.172. The molecule has 0 aliphatic carbocycles. The van der Waals surface area contributed by atoms with Gasteiger partial charge in [-0.05, 0) is 0 Å². The van der Waals surface area contributed by atoms with Gasteiger partial charge in [0.2, 0.25) is 0 Å². The van der Waals surface area contributed by atoms with E-state index in [-0.39, 0.29) is 117 Å². The molecule has 4 N–H and O–H groups in total. The zero-order valence-electron chi connectivity index (χ0n) is 11.3. The molecule has 0 aromatic heterocycles. The molecule has 0 bridgehead atoms. The maximum atomic E-state index is 8.00. The number of hydrogen-bond donors (Lipinski definition) is 0. The summed E-state index contributed by atoms with van der Waals surface area (Å²) in [5, 5.41) is 46.5. The second kappa shape index (κ2) is 11500. The topological polar surface area (TPSA) is 258 Å². The van der Waals surface area contributed by atoms with Crippen molar-refractivity contribution in [3.63, 3.8) is 0 Å². The second-order valence-electron chi connectivity index (χ2n) is 0.0745. The van der Waals surface area contributed by atoms with Crippen LogP contribution in [0.1, 0.15) is 0 Å². The van der Waals surface area contributed by atoms with Gasteiger partial charge in [-0.25, -0.2) is 0 Å². The first-order chi connectivity index (χ1) is 7.41. The van der Waals surface area contributed by atoms with Gasteiger partial charge in [-0.1, -0.05) is 0 Å². The Morgan fingerprint density at radius 3 is 0.571 bits per heavy atom. The van der Waals surface area contributed by atoms with Crippen LogP contribution in [0.2, 0.25) is 0 Å². The van der Waals surface area contributed by atoms with Crippen molar-refractivity contribution in [2.75, 3.05) is 0 Å². The monoisotopic (exact) mass is 363 g/mol. The maximum Gasteiger partial charge on any atom is 3.00 e. The van der Waals surface area contributed by atoms with Crippen LogP contribution in [-0.2, 0) is 17.1 Å². The van der Waals surface area contributed by atoms with Gasteiger partial charge in [-0.15, -0.1) is 5.34 Å². The van der Waals surface area contributed by atoms with Crippen molar-refractivity contribution < 1.29 is 117 Å². The van der Waals surface area contributed by atoms with Crippen molar-refractivity contribution in [3.05, 3.63) is 49.5 Å². The minimum absolute atomic E-state index is 0. The fraction of sp³-hybridized carbons (Fsp3) is 0. The Bertz CT molecular complexity index is 152. The SMILES string of the molecule is O.O.O=N[O-].[C-]#N.[C-]#N.[C-]#N.[C-]#N.[C-]#N.[C-]#N.[Fe+3].[Na+].[Na+].[Na+]. The van der Waals surface area contributed by atoms with Crippen molar-refractivity contribution in [1.82, 2.24) is 0 Å². The van der Waals surface area contributed by atoms with E-state index in [4.69, 9.17) is 81.1 Å². The summed E-state index contributed by atoms with van der Waals surface area (Å²) in [7, 11) is 0. The van der Waals surface area contributed by atoms with Gasteiger partial charge in [0.05, 0.1) is 0 Å². The molecule has 21 heavy (non-hydrogen) atoms. The molecular formula is C6H4FeN7Na3O4-. The van der Waals surface area contributed by atoms with Crippen LogP contribution in [0.5, 0.6) is 0 Å². The van der Waals surface area contributed by atoms with E-state index in [2.05, 4.69) is 0 Å². The summed E-state index contributed by atoms with van der Waals surface area (Å²) in [6, 6.07) is 0. The zero-order valence-corrected chi connectivity index (χ0v) is 18.4. The third kappa shape index (κ3) is 129000. The van der Waals surface area contributed by atoms with E-state index in [9.17, 15) is 0 Å². The van der Waals surface area contributed by atoms with Crippen LogP contribution in [0, 0.1) is 81.1 Å². The van der Waals surface area contributed by atoms with Crippen molar-refractivity contribution in [1.29, 1.82) is 31.6 Å². The van der Waals surface area contributed by atoms with Gasteiger partial charge in [-0.2, -0.15) is 0 Å². The molecule has 15 heteroatoms. The summed E-state index contributed by atoms with van der Waals surface area (Å²) in [6.07, 6.45) is 0. The van der Waals surface area contributed by atoms with Crippen LogP contribution in [0.3, 0.4) is 0 Å². The number of hydrogen-bond acceptors (Lipinski definition) is 9. The average Bonchev–Trinajstić information content (AvgIpc) is 2.44. The minimum atomic E-state index is 0. The Labute approximate surface area is 200 Å². The van der Waals surface area contributed by atoms with E-state index in [0.717, 1.165) is 5.34 Å². The third-order valence-corrected chi connectivity index (χ3v) is 0. The molecule has 0 aliphatic rings. The van der Waals surface area contributed by atoms with Gasteiger partial charge in [0.25, 0.3) is 0 Å². The van der Waals surface area contributed by atoms with E-state index in [1.54, 1.807) is 0 Å². The summed E-state index contributed by atoms with van der Waals surface area (Å²) in [6.45, 7) is 28.5. The molecule has 0 aliphatic heterocycles. The van der Waals surface area contributed by atoms with Gasteiger partial charge >= 0.3 is 106 Å². The Morgan fingerprint density at radius 2 is 0.571 bits per heavy atom. The van der Waals surface area contributed by atoms with Crippen LogP contribution in [0.4, 0.5) is 0 Å². The largest absolute Gasteiger partial charge is 3.00 e. The maximum absolute atomic E-state index is 8.00. The molecule has 0 atom stereocenters. The molecule has 0 spiro atoms. The second-order valence-corrected chi connectivity index (χ2v) is 0.0745. The predicted octanol–water partition coefficient (Wildman–Crippen LogP) is -9.81. The standard InChI is InChI=1S/6CN.Fe.HNO2.3Na.2H2O/c6*1-2;;2-1-3;;;;;/h;;;;;;;(H,2,3);;;;2*1H2/q6*-1;+3;;3*+1;;/p-1. The van der Waals surface area contributed by atoms with Gasteiger partial charge in [-0.3, -0.25) is 0 Å². The van der Waals surface area contributed by atoms with Gasteiger partial charge in [0.15, 0.2) is 0 Å². The van der Waals surface area contributed by atoms with Crippen molar-refractivity contribution in [2.45, 2.75) is 0 Å². The fourth-order valence-corrected chi connectivity index (χ4v) is 0. The summed E-state index contributed by atoms with van der Waals surface area (Å²) < 4.78 is 0. The van der Waals surface area contributed by atoms with E-state index in [1.807, 2.05) is 0 Å². The molecule has 0 saturated heterocycles. The molecule has 0 saturated carbocycles. The van der Waals surface area contributed by atoms with E-state index in [0.29, 0.717) is 0 Å². The molecule has 0 aromatic rings. The zero-order chi connectivity index (χ0) is 14.7. The smallest absolute Gasteiger partial charge is 0.512 e. The van der Waals surface area contributed by atoms with E-state index < -0.39 is 0 Å². The molecular weight excluding hydrogens is 359 g/mol. The van der Waals surface area contributed by atoms with Crippen LogP contribution in [0.15, 0.2) is 5.34 Å². The molecule has 0 amide bonds. The Balaban J connectivity index is -0.00000000310. The van der Waals surface area contributed by atoms with Gasteiger partial charge in [0.1, 0.15) is 0 Å². The van der Waals surface area contributed by atoms with Crippen LogP contribution in [-0.4, -0.2) is 11.0 Å². The average molecular weight is 363 g/mol. The summed E-state index contributed by atoms with van der Waals surface area (Å²) >= 11 is 0. The number of nitrogens with zero attached hydrogens (tertiary/aromatic N) is 7. The number of rotatable bonds is 0. The fourth-order valence-electron chi connectivity index (χ4n) is 0. The molecule has 1 radical (unpaired) electrons. The summed E-state index contributed by atoms with van der Waals surface area (Å²) in [4.78, 5) is 8.00. The Hall–Kier alpha value is -0.221. The normalized spacial score (nSPS) is 1.14. The molecule has 0 heterocycles. The van der Waals surface area contributed by atoms with Crippen LogP contribution < -0.4 is 88.7 Å². The van der Waals surface area contributed by atoms with Crippen LogP contribution >= 0.6 is 0 Å². The molecule has 0 fully saturated rings. The first-order valence-corrected chi connectivity index (χ1v) is 1.71. The molecule has 0 aromatic carbocycles. The first-order valence-electron chi connectivity index (χ1n) is 1.71. The molecule has 11 nitrogen and oxygen atoms in total. The van der Waals surface area contributed by atoms with Gasteiger partial charge in [0, 0.05) is 0 Å². The van der Waals surface area contributed by atoms with Gasteiger partial charge < -0.3 is 92.1 Å². The molecule has 0 rings (SSSR count). The molecule has 99 valence electrons. The first kappa shape index (κ1) is 134. The van der Waals surface area contributed by atoms with E-state index in [1.165, 1.54) is 0 Å². The van der Waals surface area contributed by atoms with Crippen molar-refractivity contribution in [2.24, 2.45) is 5.34 Å². The predicted molar refractivity (Wildman–Crippen MR) is 46.2 cm³/mol. The van der Waals surface area contributed by atoms with Crippen LogP contribution in [0.25, 0.3) is 0 Å². The Morgan fingerprint density at radius 1 is 0.571 bits per heavy atom. The summed E-state index contributed by atoms with van der Waals surface area (Å²) in [5.74, 6) is 0.